The van der Waals surface area contributed by atoms with E-state index in [1.165, 1.54) is 5.56 Å². The summed E-state index contributed by atoms with van der Waals surface area (Å²) in [4.78, 5) is 12.2. The summed E-state index contributed by atoms with van der Waals surface area (Å²) in [6.45, 7) is 2.86. The summed E-state index contributed by atoms with van der Waals surface area (Å²) in [5.74, 6) is -0.121. The highest BCUT2D eigenvalue weighted by molar-refractivity contribution is 5.81. The molecule has 2 heterocycles. The number of carbonyl (C=O) groups excluding carboxylic acids is 1. The Morgan fingerprint density at radius 1 is 1.19 bits per heavy atom. The lowest BCUT2D eigenvalue weighted by Crippen LogP contribution is -2.43. The SMILES string of the molecule is CCOc1ccc(Cc2ccc3c(c2)C2(CC(=O)CC(CO)O2)OC3)cc1. The van der Waals surface area contributed by atoms with E-state index in [4.69, 9.17) is 14.2 Å². The Morgan fingerprint density at radius 2 is 1.96 bits per heavy atom. The van der Waals surface area contributed by atoms with Gasteiger partial charge in [-0.05, 0) is 48.2 Å². The number of ketones is 1. The number of hydrogen-bond acceptors (Lipinski definition) is 5. The third-order valence-electron chi connectivity index (χ3n) is 5.13. The maximum Gasteiger partial charge on any atom is 0.202 e. The third kappa shape index (κ3) is 3.63. The van der Waals surface area contributed by atoms with E-state index in [0.717, 1.165) is 28.9 Å². The number of aliphatic hydroxyl groups is 1. The van der Waals surface area contributed by atoms with Gasteiger partial charge in [0.1, 0.15) is 11.5 Å². The van der Waals surface area contributed by atoms with Crippen LogP contribution in [-0.4, -0.2) is 30.2 Å². The van der Waals surface area contributed by atoms with E-state index in [9.17, 15) is 9.90 Å². The molecule has 0 aromatic heterocycles. The molecule has 1 spiro atoms. The average molecular weight is 368 g/mol. The molecule has 2 aromatic carbocycles. The molecule has 142 valence electrons. The van der Waals surface area contributed by atoms with E-state index in [1.54, 1.807) is 0 Å². The van der Waals surface area contributed by atoms with Crippen LogP contribution in [0.5, 0.6) is 5.75 Å². The van der Waals surface area contributed by atoms with E-state index in [-0.39, 0.29) is 25.2 Å². The van der Waals surface area contributed by atoms with Crippen LogP contribution in [-0.2, 0) is 33.1 Å². The first-order valence-electron chi connectivity index (χ1n) is 9.40. The van der Waals surface area contributed by atoms with Crippen molar-refractivity contribution in [3.05, 3.63) is 64.7 Å². The maximum atomic E-state index is 12.2. The molecule has 1 saturated heterocycles. The molecule has 1 N–H and O–H groups in total. The summed E-state index contributed by atoms with van der Waals surface area (Å²) in [5.41, 5.74) is 4.26. The van der Waals surface area contributed by atoms with Gasteiger partial charge in [-0.2, -0.15) is 0 Å². The highest BCUT2D eigenvalue weighted by atomic mass is 16.7. The van der Waals surface area contributed by atoms with E-state index >= 15 is 0 Å². The molecule has 2 aromatic rings. The van der Waals surface area contributed by atoms with Gasteiger partial charge < -0.3 is 19.3 Å². The predicted molar refractivity (Wildman–Crippen MR) is 99.5 cm³/mol. The smallest absolute Gasteiger partial charge is 0.202 e. The van der Waals surface area contributed by atoms with Gasteiger partial charge >= 0.3 is 0 Å². The normalized spacial score (nSPS) is 24.2. The first-order valence-corrected chi connectivity index (χ1v) is 9.40. The van der Waals surface area contributed by atoms with Gasteiger partial charge in [0.2, 0.25) is 5.79 Å². The van der Waals surface area contributed by atoms with Crippen molar-refractivity contribution in [1.29, 1.82) is 0 Å². The van der Waals surface area contributed by atoms with Crippen molar-refractivity contribution < 1.29 is 24.1 Å². The van der Waals surface area contributed by atoms with Crippen LogP contribution in [0.2, 0.25) is 0 Å². The summed E-state index contributed by atoms with van der Waals surface area (Å²) in [6.07, 6.45) is 0.700. The van der Waals surface area contributed by atoms with Crippen LogP contribution in [0.1, 0.15) is 42.0 Å². The molecule has 2 aliphatic rings. The largest absolute Gasteiger partial charge is 0.494 e. The fourth-order valence-electron chi connectivity index (χ4n) is 3.88. The van der Waals surface area contributed by atoms with E-state index < -0.39 is 11.9 Å². The minimum Gasteiger partial charge on any atom is -0.494 e. The Bertz CT molecular complexity index is 829. The zero-order valence-corrected chi connectivity index (χ0v) is 15.4. The molecule has 2 aliphatic heterocycles. The van der Waals surface area contributed by atoms with Gasteiger partial charge in [0.15, 0.2) is 0 Å². The van der Waals surface area contributed by atoms with Crippen LogP contribution in [0.4, 0.5) is 0 Å². The highest BCUT2D eigenvalue weighted by Gasteiger charge is 2.48. The fourth-order valence-corrected chi connectivity index (χ4v) is 3.88. The standard InChI is InChI=1S/C22H24O5/c1-2-25-19-7-4-15(5-8-19)9-16-3-6-17-14-26-22(21(17)10-16)12-18(24)11-20(13-23)27-22/h3-8,10,20,23H,2,9,11-14H2,1H3. The first-order chi connectivity index (χ1) is 13.1. The van der Waals surface area contributed by atoms with Crippen LogP contribution < -0.4 is 4.74 Å². The number of benzene rings is 2. The van der Waals surface area contributed by atoms with Crippen LogP contribution in [0.3, 0.4) is 0 Å². The Kier molecular flexibility index (Phi) is 5.00. The van der Waals surface area contributed by atoms with Gasteiger partial charge in [-0.1, -0.05) is 24.3 Å². The Hall–Kier alpha value is -2.21. The van der Waals surface area contributed by atoms with Crippen molar-refractivity contribution in [1.82, 2.24) is 0 Å². The summed E-state index contributed by atoms with van der Waals surface area (Å²) in [7, 11) is 0. The predicted octanol–water partition coefficient (Wildman–Crippen LogP) is 3.10. The minimum atomic E-state index is -1.05. The molecular weight excluding hydrogens is 344 g/mol. The topological polar surface area (TPSA) is 65.0 Å². The lowest BCUT2D eigenvalue weighted by molar-refractivity contribution is -0.278. The summed E-state index contributed by atoms with van der Waals surface area (Å²) in [5, 5.41) is 9.47. The average Bonchev–Trinajstić information content (AvgIpc) is 3.00. The van der Waals surface area contributed by atoms with Crippen molar-refractivity contribution in [2.45, 2.75) is 44.7 Å². The van der Waals surface area contributed by atoms with E-state index in [0.29, 0.717) is 13.2 Å². The molecule has 1 fully saturated rings. The monoisotopic (exact) mass is 368 g/mol. The molecule has 0 amide bonds. The second kappa shape index (κ2) is 7.43. The summed E-state index contributed by atoms with van der Waals surface area (Å²) >= 11 is 0. The van der Waals surface area contributed by atoms with Crippen molar-refractivity contribution >= 4 is 5.78 Å². The second-order valence-electron chi connectivity index (χ2n) is 7.13. The Morgan fingerprint density at radius 3 is 2.70 bits per heavy atom. The molecule has 2 unspecified atom stereocenters. The number of carbonyl (C=O) groups is 1. The van der Waals surface area contributed by atoms with E-state index in [1.807, 2.05) is 25.1 Å². The van der Waals surface area contributed by atoms with Crippen LogP contribution in [0.15, 0.2) is 42.5 Å². The van der Waals surface area contributed by atoms with Gasteiger partial charge in [-0.3, -0.25) is 4.79 Å². The number of Topliss-reactive ketones (excluding diaryl/α,β-unsaturated/α-hetero) is 1. The second-order valence-corrected chi connectivity index (χ2v) is 7.13. The molecular formula is C22H24O5. The minimum absolute atomic E-state index is 0.0602. The molecule has 0 bridgehead atoms. The molecule has 27 heavy (non-hydrogen) atoms. The van der Waals surface area contributed by atoms with Crippen LogP contribution in [0, 0.1) is 0 Å². The van der Waals surface area contributed by atoms with Gasteiger partial charge in [0.25, 0.3) is 0 Å². The molecule has 5 heteroatoms. The lowest BCUT2D eigenvalue weighted by Gasteiger charge is -2.37. The molecule has 0 aliphatic carbocycles. The van der Waals surface area contributed by atoms with Crippen molar-refractivity contribution in [2.24, 2.45) is 0 Å². The number of aliphatic hydroxyl groups excluding tert-OH is 1. The van der Waals surface area contributed by atoms with Crippen LogP contribution >= 0.6 is 0 Å². The van der Waals surface area contributed by atoms with Crippen LogP contribution in [0.25, 0.3) is 0 Å². The van der Waals surface area contributed by atoms with Gasteiger partial charge in [-0.15, -0.1) is 0 Å². The summed E-state index contributed by atoms with van der Waals surface area (Å²) in [6, 6.07) is 14.3. The number of ether oxygens (including phenoxy) is 3. The van der Waals surface area contributed by atoms with Gasteiger partial charge in [0, 0.05) is 12.0 Å². The van der Waals surface area contributed by atoms with Crippen molar-refractivity contribution in [3.63, 3.8) is 0 Å². The quantitative estimate of drug-likeness (QED) is 0.879. The van der Waals surface area contributed by atoms with Crippen molar-refractivity contribution in [3.8, 4) is 5.75 Å². The molecule has 2 atom stereocenters. The Balaban J connectivity index is 1.58. The van der Waals surface area contributed by atoms with Crippen molar-refractivity contribution in [2.75, 3.05) is 13.2 Å². The molecule has 4 rings (SSSR count). The molecule has 0 saturated carbocycles. The lowest BCUT2D eigenvalue weighted by atomic mass is 9.90. The Labute approximate surface area is 158 Å². The number of hydrogen-bond donors (Lipinski definition) is 1. The zero-order chi connectivity index (χ0) is 18.9. The fraction of sp³-hybridized carbons (Fsp3) is 0.409. The van der Waals surface area contributed by atoms with Gasteiger partial charge in [-0.25, -0.2) is 0 Å². The molecule has 5 nitrogen and oxygen atoms in total. The zero-order valence-electron chi connectivity index (χ0n) is 15.4. The molecule has 0 radical (unpaired) electrons. The number of rotatable bonds is 5. The first kappa shape index (κ1) is 18.2. The highest BCUT2D eigenvalue weighted by Crippen LogP contribution is 2.44. The maximum absolute atomic E-state index is 12.2. The third-order valence-corrected chi connectivity index (χ3v) is 5.13. The van der Waals surface area contributed by atoms with Gasteiger partial charge in [0.05, 0.1) is 32.3 Å². The number of fused-ring (bicyclic) bond motifs is 2. The van der Waals surface area contributed by atoms with E-state index in [2.05, 4.69) is 24.3 Å². The summed E-state index contributed by atoms with van der Waals surface area (Å²) < 4.78 is 17.4.